The van der Waals surface area contributed by atoms with Crippen LogP contribution in [0.3, 0.4) is 0 Å². The van der Waals surface area contributed by atoms with Crippen LogP contribution in [0.25, 0.3) is 0 Å². The molecule has 0 fully saturated rings. The number of halogens is 2. The van der Waals surface area contributed by atoms with Crippen molar-refractivity contribution in [2.45, 2.75) is 46.1 Å². The normalized spacial score (nSPS) is 16.4. The van der Waals surface area contributed by atoms with E-state index in [1.165, 1.54) is 6.07 Å². The maximum atomic E-state index is 15.3. The van der Waals surface area contributed by atoms with E-state index in [0.29, 0.717) is 22.8 Å². The standard InChI is InChI=1S/C35H35ClFN3O2/c1-22-14-17-26(36)21-30(22)40-34(31-23(2)9-8-10-24(31)3)32(33(39-40)28-12-4-5-13-29(28)37)35(42)38-20-7-6-11-25-15-18-27(41)19-16-25/h4-5,8-10,12-19,21,32,34,41H,6-7,11,20H2,1-3H3,(H,38,42). The molecule has 0 radical (unpaired) electrons. The van der Waals surface area contributed by atoms with Gasteiger partial charge < -0.3 is 10.4 Å². The van der Waals surface area contributed by atoms with Gasteiger partial charge in [-0.3, -0.25) is 9.80 Å². The molecular formula is C35H35ClFN3O2. The molecule has 0 saturated heterocycles. The van der Waals surface area contributed by atoms with Crippen LogP contribution in [0.15, 0.2) is 90.0 Å². The summed E-state index contributed by atoms with van der Waals surface area (Å²) in [5.74, 6) is -1.14. The minimum absolute atomic E-state index is 0.198. The Morgan fingerprint density at radius 3 is 2.36 bits per heavy atom. The van der Waals surface area contributed by atoms with E-state index in [0.717, 1.165) is 52.8 Å². The summed E-state index contributed by atoms with van der Waals surface area (Å²) in [5.41, 5.74) is 6.59. The Labute approximate surface area is 251 Å². The lowest BCUT2D eigenvalue weighted by Gasteiger charge is -2.31. The lowest BCUT2D eigenvalue weighted by molar-refractivity contribution is -0.123. The Hall–Kier alpha value is -4.16. The summed E-state index contributed by atoms with van der Waals surface area (Å²) in [6.07, 6.45) is 2.49. The van der Waals surface area contributed by atoms with Crippen molar-refractivity contribution >= 4 is 28.9 Å². The number of benzene rings is 4. The van der Waals surface area contributed by atoms with Gasteiger partial charge >= 0.3 is 0 Å². The van der Waals surface area contributed by atoms with Crippen LogP contribution in [0.2, 0.25) is 5.02 Å². The molecule has 2 atom stereocenters. The molecule has 0 aromatic heterocycles. The summed E-state index contributed by atoms with van der Waals surface area (Å²) in [5, 5.41) is 20.1. The highest BCUT2D eigenvalue weighted by atomic mass is 35.5. The number of hydrogen-bond donors (Lipinski definition) is 2. The number of rotatable bonds is 9. The van der Waals surface area contributed by atoms with Gasteiger partial charge in [-0.25, -0.2) is 4.39 Å². The molecular weight excluding hydrogens is 549 g/mol. The number of carbonyl (C=O) groups is 1. The third-order valence-corrected chi connectivity index (χ3v) is 8.14. The van der Waals surface area contributed by atoms with E-state index < -0.39 is 17.8 Å². The van der Waals surface area contributed by atoms with Crippen molar-refractivity contribution in [3.63, 3.8) is 0 Å². The first-order chi connectivity index (χ1) is 20.2. The molecule has 1 amide bonds. The summed E-state index contributed by atoms with van der Waals surface area (Å²) in [6.45, 7) is 6.52. The Kier molecular flexibility index (Phi) is 8.93. The van der Waals surface area contributed by atoms with Crippen LogP contribution < -0.4 is 10.3 Å². The van der Waals surface area contributed by atoms with E-state index in [4.69, 9.17) is 16.7 Å². The minimum atomic E-state index is -0.766. The van der Waals surface area contributed by atoms with Crippen molar-refractivity contribution in [1.82, 2.24) is 5.32 Å². The number of hydrazone groups is 1. The van der Waals surface area contributed by atoms with Crippen molar-refractivity contribution in [1.29, 1.82) is 0 Å². The summed E-state index contributed by atoms with van der Waals surface area (Å²) >= 11 is 6.45. The summed E-state index contributed by atoms with van der Waals surface area (Å²) in [6, 6.07) is 24.8. The van der Waals surface area contributed by atoms with Crippen molar-refractivity contribution in [2.75, 3.05) is 11.6 Å². The topological polar surface area (TPSA) is 64.9 Å². The predicted molar refractivity (Wildman–Crippen MR) is 168 cm³/mol. The lowest BCUT2D eigenvalue weighted by Crippen LogP contribution is -2.40. The molecule has 4 aromatic rings. The third-order valence-electron chi connectivity index (χ3n) is 7.91. The third kappa shape index (κ3) is 6.19. The molecule has 0 spiro atoms. The van der Waals surface area contributed by atoms with Gasteiger partial charge in [-0.15, -0.1) is 0 Å². The molecule has 1 aliphatic rings. The van der Waals surface area contributed by atoms with Gasteiger partial charge in [0.25, 0.3) is 0 Å². The molecule has 4 aromatic carbocycles. The van der Waals surface area contributed by atoms with Crippen LogP contribution in [0.1, 0.15) is 52.3 Å². The van der Waals surface area contributed by atoms with E-state index in [1.807, 2.05) is 74.3 Å². The fraction of sp³-hybridized carbons (Fsp3) is 0.257. The maximum Gasteiger partial charge on any atom is 0.231 e. The van der Waals surface area contributed by atoms with Crippen LogP contribution in [-0.4, -0.2) is 23.3 Å². The number of anilines is 1. The maximum absolute atomic E-state index is 15.3. The molecule has 5 rings (SSSR count). The zero-order valence-electron chi connectivity index (χ0n) is 24.1. The number of carbonyl (C=O) groups excluding carboxylic acids is 1. The zero-order valence-corrected chi connectivity index (χ0v) is 24.8. The molecule has 2 unspecified atom stereocenters. The van der Waals surface area contributed by atoms with E-state index in [2.05, 4.69) is 5.32 Å². The summed E-state index contributed by atoms with van der Waals surface area (Å²) in [4.78, 5) is 14.2. The first-order valence-electron chi connectivity index (χ1n) is 14.2. The monoisotopic (exact) mass is 583 g/mol. The Morgan fingerprint density at radius 2 is 1.64 bits per heavy atom. The molecule has 1 heterocycles. The van der Waals surface area contributed by atoms with Gasteiger partial charge in [0.05, 0.1) is 17.4 Å². The molecule has 5 nitrogen and oxygen atoms in total. The van der Waals surface area contributed by atoms with Gasteiger partial charge in [0, 0.05) is 17.1 Å². The Bertz CT molecular complexity index is 1600. The SMILES string of the molecule is Cc1ccc(Cl)cc1N1N=C(c2ccccc2F)C(C(=O)NCCCCc2ccc(O)cc2)C1c1c(C)cccc1C. The molecule has 0 saturated carbocycles. The number of aryl methyl sites for hydroxylation is 4. The summed E-state index contributed by atoms with van der Waals surface area (Å²) in [7, 11) is 0. The number of nitrogens with one attached hydrogen (secondary N) is 1. The van der Waals surface area contributed by atoms with Gasteiger partial charge in [0.15, 0.2) is 0 Å². The molecule has 2 N–H and O–H groups in total. The summed E-state index contributed by atoms with van der Waals surface area (Å²) < 4.78 is 15.3. The highest BCUT2D eigenvalue weighted by molar-refractivity contribution is 6.31. The van der Waals surface area contributed by atoms with Crippen molar-refractivity contribution in [3.05, 3.63) is 129 Å². The second-order valence-corrected chi connectivity index (χ2v) is 11.3. The number of amides is 1. The van der Waals surface area contributed by atoms with Crippen LogP contribution >= 0.6 is 11.6 Å². The molecule has 216 valence electrons. The van der Waals surface area contributed by atoms with Crippen molar-refractivity contribution in [2.24, 2.45) is 11.0 Å². The molecule has 42 heavy (non-hydrogen) atoms. The second kappa shape index (κ2) is 12.8. The fourth-order valence-electron chi connectivity index (χ4n) is 5.74. The van der Waals surface area contributed by atoms with E-state index in [-0.39, 0.29) is 11.7 Å². The van der Waals surface area contributed by atoms with Crippen LogP contribution in [0, 0.1) is 32.5 Å². The first kappa shape index (κ1) is 29.3. The van der Waals surface area contributed by atoms with E-state index >= 15 is 4.39 Å². The smallest absolute Gasteiger partial charge is 0.231 e. The number of hydrogen-bond acceptors (Lipinski definition) is 4. The van der Waals surface area contributed by atoms with Crippen LogP contribution in [-0.2, 0) is 11.2 Å². The van der Waals surface area contributed by atoms with E-state index in [9.17, 15) is 9.90 Å². The molecule has 0 aliphatic carbocycles. The van der Waals surface area contributed by atoms with Gasteiger partial charge in [0.2, 0.25) is 5.91 Å². The zero-order chi connectivity index (χ0) is 29.8. The highest BCUT2D eigenvalue weighted by Crippen LogP contribution is 2.45. The predicted octanol–water partition coefficient (Wildman–Crippen LogP) is 7.83. The number of unbranched alkanes of at least 4 members (excludes halogenated alkanes) is 1. The second-order valence-electron chi connectivity index (χ2n) is 10.9. The number of phenolic OH excluding ortho intramolecular Hbond substituents is 1. The van der Waals surface area contributed by atoms with Gasteiger partial charge in [-0.1, -0.05) is 66.2 Å². The fourth-order valence-corrected chi connectivity index (χ4v) is 5.91. The van der Waals surface area contributed by atoms with E-state index in [1.54, 1.807) is 30.3 Å². The average molecular weight is 584 g/mol. The average Bonchev–Trinajstić information content (AvgIpc) is 3.35. The Morgan fingerprint density at radius 1 is 0.929 bits per heavy atom. The highest BCUT2D eigenvalue weighted by Gasteiger charge is 2.46. The number of phenols is 1. The quantitative estimate of drug-likeness (QED) is 0.197. The number of aromatic hydroxyl groups is 1. The molecule has 1 aliphatic heterocycles. The largest absolute Gasteiger partial charge is 0.508 e. The van der Waals surface area contributed by atoms with Gasteiger partial charge in [-0.2, -0.15) is 5.10 Å². The van der Waals surface area contributed by atoms with Crippen LogP contribution in [0.4, 0.5) is 10.1 Å². The molecule has 7 heteroatoms. The van der Waals surface area contributed by atoms with Crippen LogP contribution in [0.5, 0.6) is 5.75 Å². The van der Waals surface area contributed by atoms with Gasteiger partial charge in [0.1, 0.15) is 17.5 Å². The van der Waals surface area contributed by atoms with Crippen molar-refractivity contribution < 1.29 is 14.3 Å². The Balaban J connectivity index is 1.50. The minimum Gasteiger partial charge on any atom is -0.508 e. The first-order valence-corrected chi connectivity index (χ1v) is 14.6. The lowest BCUT2D eigenvalue weighted by atomic mass is 9.82. The molecule has 0 bridgehead atoms. The van der Waals surface area contributed by atoms with Gasteiger partial charge in [-0.05, 0) is 98.2 Å². The van der Waals surface area contributed by atoms with Crippen molar-refractivity contribution in [3.8, 4) is 5.75 Å². The number of nitrogens with zero attached hydrogens (tertiary/aromatic N) is 2.